The molecule has 0 fully saturated rings. The third-order valence-electron chi connectivity index (χ3n) is 2.52. The molecule has 0 aliphatic heterocycles. The maximum Gasteiger partial charge on any atom is 0.236 e. The normalized spacial score (nSPS) is 13.3. The molecule has 1 aromatic rings. The molecule has 0 amide bonds. The van der Waals surface area contributed by atoms with Gasteiger partial charge in [-0.3, -0.25) is 9.71 Å². The third kappa shape index (κ3) is 4.62. The Kier molecular flexibility index (Phi) is 5.55. The molecule has 18 heavy (non-hydrogen) atoms. The van der Waals surface area contributed by atoms with E-state index in [1.807, 2.05) is 13.8 Å². The van der Waals surface area contributed by atoms with E-state index in [0.29, 0.717) is 12.2 Å². The molecular formula is C12H21N3O2S. The average molecular weight is 271 g/mol. The molecule has 1 aromatic heterocycles. The summed E-state index contributed by atoms with van der Waals surface area (Å²) in [4.78, 5) is 3.96. The number of hydrogen-bond acceptors (Lipinski definition) is 4. The molecule has 0 bridgehead atoms. The Morgan fingerprint density at radius 3 is 2.72 bits per heavy atom. The molecule has 0 aliphatic carbocycles. The van der Waals surface area contributed by atoms with Gasteiger partial charge in [0.2, 0.25) is 10.0 Å². The average Bonchev–Trinajstić information content (AvgIpc) is 2.28. The van der Waals surface area contributed by atoms with Crippen LogP contribution in [0.25, 0.3) is 0 Å². The van der Waals surface area contributed by atoms with Crippen molar-refractivity contribution in [2.45, 2.75) is 32.4 Å². The number of rotatable bonds is 7. The van der Waals surface area contributed by atoms with Gasteiger partial charge in [-0.2, -0.15) is 0 Å². The summed E-state index contributed by atoms with van der Waals surface area (Å²) in [6.45, 7) is 6.88. The van der Waals surface area contributed by atoms with Gasteiger partial charge in [0, 0.05) is 12.7 Å². The first-order chi connectivity index (χ1) is 8.45. The van der Waals surface area contributed by atoms with Crippen LogP contribution in [0.2, 0.25) is 0 Å². The Bertz CT molecular complexity index is 474. The highest BCUT2D eigenvalue weighted by Crippen LogP contribution is 2.11. The maximum atomic E-state index is 12.0. The van der Waals surface area contributed by atoms with Gasteiger partial charge in [0.15, 0.2) is 0 Å². The zero-order chi connectivity index (χ0) is 13.6. The fraction of sp³-hybridized carbons (Fsp3) is 0.583. The molecule has 1 unspecified atom stereocenters. The molecule has 0 aromatic carbocycles. The van der Waals surface area contributed by atoms with Crippen LogP contribution in [0, 0.1) is 6.92 Å². The molecule has 2 N–H and O–H groups in total. The van der Waals surface area contributed by atoms with Crippen LogP contribution in [0.1, 0.15) is 25.8 Å². The first kappa shape index (κ1) is 14.9. The Balaban J connectivity index is 2.64. The number of nitrogens with zero attached hydrogens (tertiary/aromatic N) is 1. The Morgan fingerprint density at radius 1 is 1.39 bits per heavy atom. The van der Waals surface area contributed by atoms with Gasteiger partial charge in [-0.15, -0.1) is 0 Å². The molecule has 6 heteroatoms. The van der Waals surface area contributed by atoms with Gasteiger partial charge in [-0.05, 0) is 38.4 Å². The van der Waals surface area contributed by atoms with Gasteiger partial charge < -0.3 is 5.32 Å². The molecular weight excluding hydrogens is 250 g/mol. The van der Waals surface area contributed by atoms with Crippen LogP contribution < -0.4 is 10.0 Å². The zero-order valence-electron chi connectivity index (χ0n) is 11.1. The van der Waals surface area contributed by atoms with Crippen LogP contribution in [0.15, 0.2) is 18.5 Å². The molecule has 0 spiro atoms. The number of aromatic nitrogens is 1. The fourth-order valence-corrected chi connectivity index (χ4v) is 2.45. The summed E-state index contributed by atoms with van der Waals surface area (Å²) in [5.41, 5.74) is 1.43. The van der Waals surface area contributed by atoms with E-state index in [1.54, 1.807) is 19.2 Å². The smallest absolute Gasteiger partial charge is 0.236 e. The van der Waals surface area contributed by atoms with Crippen molar-refractivity contribution in [1.82, 2.24) is 10.3 Å². The summed E-state index contributed by atoms with van der Waals surface area (Å²) in [5.74, 6) is 0. The summed E-state index contributed by atoms with van der Waals surface area (Å²) in [6.07, 6.45) is 4.18. The van der Waals surface area contributed by atoms with Gasteiger partial charge in [-0.25, -0.2) is 8.42 Å². The number of sulfonamides is 1. The number of hydrogen-bond donors (Lipinski definition) is 2. The van der Waals surface area contributed by atoms with Crippen LogP contribution in [-0.2, 0) is 10.0 Å². The largest absolute Gasteiger partial charge is 0.315 e. The lowest BCUT2D eigenvalue weighted by Crippen LogP contribution is -2.35. The highest BCUT2D eigenvalue weighted by Gasteiger charge is 2.20. The SMILES string of the molecule is CCCNCC(C)S(=O)(=O)Nc1cncc(C)c1. The Labute approximate surface area is 109 Å². The van der Waals surface area contributed by atoms with Gasteiger partial charge in [0.05, 0.1) is 17.1 Å². The predicted octanol–water partition coefficient (Wildman–Crippen LogP) is 1.52. The van der Waals surface area contributed by atoms with Crippen molar-refractivity contribution < 1.29 is 8.42 Å². The van der Waals surface area contributed by atoms with Crippen molar-refractivity contribution in [3.63, 3.8) is 0 Å². The Hall–Kier alpha value is -1.14. The van der Waals surface area contributed by atoms with E-state index in [0.717, 1.165) is 18.5 Å². The van der Waals surface area contributed by atoms with Crippen LogP contribution >= 0.6 is 0 Å². The van der Waals surface area contributed by atoms with Crippen molar-refractivity contribution in [3.05, 3.63) is 24.0 Å². The van der Waals surface area contributed by atoms with E-state index in [9.17, 15) is 8.42 Å². The minimum absolute atomic E-state index is 0.447. The molecule has 1 rings (SSSR count). The highest BCUT2D eigenvalue weighted by atomic mass is 32.2. The fourth-order valence-electron chi connectivity index (χ4n) is 1.47. The van der Waals surface area contributed by atoms with Crippen molar-refractivity contribution in [3.8, 4) is 0 Å². The van der Waals surface area contributed by atoms with Crippen molar-refractivity contribution >= 4 is 15.7 Å². The first-order valence-electron chi connectivity index (χ1n) is 6.09. The second-order valence-electron chi connectivity index (χ2n) is 4.41. The lowest BCUT2D eigenvalue weighted by molar-refractivity contribution is 0.576. The number of anilines is 1. The molecule has 1 atom stereocenters. The summed E-state index contributed by atoms with van der Waals surface area (Å²) in [5, 5.41) is 2.62. The number of nitrogens with one attached hydrogen (secondary N) is 2. The number of aryl methyl sites for hydroxylation is 1. The molecule has 0 aliphatic rings. The third-order valence-corrected chi connectivity index (χ3v) is 4.27. The van der Waals surface area contributed by atoms with Crippen LogP contribution in [-0.4, -0.2) is 31.7 Å². The summed E-state index contributed by atoms with van der Waals surface area (Å²) >= 11 is 0. The summed E-state index contributed by atoms with van der Waals surface area (Å²) < 4.78 is 26.6. The second-order valence-corrected chi connectivity index (χ2v) is 6.51. The standard InChI is InChI=1S/C12H21N3O2S/c1-4-5-13-8-11(3)18(16,17)15-12-6-10(2)7-14-9-12/h6-7,9,11,13,15H,4-5,8H2,1-3H3. The van der Waals surface area contributed by atoms with E-state index >= 15 is 0 Å². The topological polar surface area (TPSA) is 71.1 Å². The van der Waals surface area contributed by atoms with Crippen molar-refractivity contribution in [2.24, 2.45) is 0 Å². The van der Waals surface area contributed by atoms with E-state index in [1.165, 1.54) is 6.20 Å². The Morgan fingerprint density at radius 2 is 2.11 bits per heavy atom. The van der Waals surface area contributed by atoms with E-state index in [4.69, 9.17) is 0 Å². The minimum atomic E-state index is -3.36. The molecule has 5 nitrogen and oxygen atoms in total. The molecule has 1 heterocycles. The molecule has 0 radical (unpaired) electrons. The summed E-state index contributed by atoms with van der Waals surface area (Å²) in [6, 6.07) is 1.76. The first-order valence-corrected chi connectivity index (χ1v) is 7.64. The highest BCUT2D eigenvalue weighted by molar-refractivity contribution is 7.93. The van der Waals surface area contributed by atoms with Gasteiger partial charge >= 0.3 is 0 Å². The molecule has 0 saturated heterocycles. The zero-order valence-corrected chi connectivity index (χ0v) is 11.9. The van der Waals surface area contributed by atoms with E-state index in [2.05, 4.69) is 15.0 Å². The van der Waals surface area contributed by atoms with Crippen molar-refractivity contribution in [1.29, 1.82) is 0 Å². The quantitative estimate of drug-likeness (QED) is 0.738. The van der Waals surface area contributed by atoms with Gasteiger partial charge in [-0.1, -0.05) is 6.92 Å². The van der Waals surface area contributed by atoms with E-state index < -0.39 is 15.3 Å². The van der Waals surface area contributed by atoms with Crippen LogP contribution in [0.4, 0.5) is 5.69 Å². The van der Waals surface area contributed by atoms with Crippen LogP contribution in [0.5, 0.6) is 0 Å². The van der Waals surface area contributed by atoms with E-state index in [-0.39, 0.29) is 0 Å². The van der Waals surface area contributed by atoms with Crippen LogP contribution in [0.3, 0.4) is 0 Å². The number of pyridine rings is 1. The van der Waals surface area contributed by atoms with Gasteiger partial charge in [0.25, 0.3) is 0 Å². The summed E-state index contributed by atoms with van der Waals surface area (Å²) in [7, 11) is -3.36. The van der Waals surface area contributed by atoms with Crippen molar-refractivity contribution in [2.75, 3.05) is 17.8 Å². The molecule has 0 saturated carbocycles. The lowest BCUT2D eigenvalue weighted by Gasteiger charge is -2.15. The monoisotopic (exact) mass is 271 g/mol. The minimum Gasteiger partial charge on any atom is -0.315 e. The molecule has 102 valence electrons. The predicted molar refractivity (Wildman–Crippen MR) is 74.1 cm³/mol. The lowest BCUT2D eigenvalue weighted by atomic mass is 10.3. The van der Waals surface area contributed by atoms with Gasteiger partial charge in [0.1, 0.15) is 0 Å². The second kappa shape index (κ2) is 6.70. The maximum absolute atomic E-state index is 12.0.